The molecule has 2 amide bonds. The lowest BCUT2D eigenvalue weighted by Gasteiger charge is -2.32. The fourth-order valence-electron chi connectivity index (χ4n) is 2.97. The van der Waals surface area contributed by atoms with Crippen molar-refractivity contribution in [2.45, 2.75) is 18.9 Å². The molecule has 0 spiro atoms. The minimum Gasteiger partial charge on any atom is -0.493 e. The number of benzene rings is 1. The van der Waals surface area contributed by atoms with Crippen LogP contribution in [0.2, 0.25) is 0 Å². The van der Waals surface area contributed by atoms with Gasteiger partial charge in [-0.2, -0.15) is 0 Å². The molecular weight excluding hydrogens is 340 g/mol. The van der Waals surface area contributed by atoms with Crippen molar-refractivity contribution in [3.05, 3.63) is 17.7 Å². The van der Waals surface area contributed by atoms with E-state index in [9.17, 15) is 9.59 Å². The van der Waals surface area contributed by atoms with E-state index in [1.807, 2.05) is 0 Å². The van der Waals surface area contributed by atoms with E-state index in [2.05, 4.69) is 5.32 Å². The number of hydrogen-bond donors (Lipinski definition) is 1. The first-order valence-electron chi connectivity index (χ1n) is 8.41. The zero-order chi connectivity index (χ0) is 19.1. The van der Waals surface area contributed by atoms with Gasteiger partial charge in [0.1, 0.15) is 6.61 Å². The van der Waals surface area contributed by atoms with Gasteiger partial charge >= 0.3 is 0 Å². The molecule has 26 heavy (non-hydrogen) atoms. The lowest BCUT2D eigenvalue weighted by atomic mass is 10.0. The highest BCUT2D eigenvalue weighted by atomic mass is 16.5. The van der Waals surface area contributed by atoms with Gasteiger partial charge in [-0.3, -0.25) is 9.59 Å². The van der Waals surface area contributed by atoms with E-state index in [1.165, 1.54) is 28.4 Å². The van der Waals surface area contributed by atoms with Crippen molar-refractivity contribution in [1.82, 2.24) is 10.2 Å². The number of carbonyl (C=O) groups is 2. The van der Waals surface area contributed by atoms with E-state index in [0.29, 0.717) is 48.7 Å². The Morgan fingerprint density at radius 1 is 1.04 bits per heavy atom. The molecule has 1 fully saturated rings. The molecule has 8 heteroatoms. The van der Waals surface area contributed by atoms with E-state index in [-0.39, 0.29) is 24.5 Å². The maximum atomic E-state index is 12.6. The Bertz CT molecular complexity index is 616. The van der Waals surface area contributed by atoms with Gasteiger partial charge in [-0.15, -0.1) is 0 Å². The zero-order valence-electron chi connectivity index (χ0n) is 15.7. The molecule has 0 unspecified atom stereocenters. The Labute approximate surface area is 153 Å². The van der Waals surface area contributed by atoms with Gasteiger partial charge < -0.3 is 29.2 Å². The number of amides is 2. The van der Waals surface area contributed by atoms with E-state index in [1.54, 1.807) is 17.0 Å². The van der Waals surface area contributed by atoms with E-state index in [0.717, 1.165) is 0 Å². The molecule has 2 rings (SSSR count). The highest BCUT2D eigenvalue weighted by molar-refractivity contribution is 5.95. The predicted molar refractivity (Wildman–Crippen MR) is 95.0 cm³/mol. The summed E-state index contributed by atoms with van der Waals surface area (Å²) >= 11 is 0. The molecule has 1 N–H and O–H groups in total. The van der Waals surface area contributed by atoms with E-state index >= 15 is 0 Å². The molecule has 0 saturated carbocycles. The van der Waals surface area contributed by atoms with Crippen molar-refractivity contribution in [1.29, 1.82) is 0 Å². The summed E-state index contributed by atoms with van der Waals surface area (Å²) < 4.78 is 20.7. The third kappa shape index (κ3) is 4.57. The SMILES string of the molecule is COCC(=O)N1CCC(NC(=O)c2cc(OC)c(OC)c(OC)c2)CC1. The molecule has 0 aliphatic carbocycles. The van der Waals surface area contributed by atoms with Crippen LogP contribution in [0.5, 0.6) is 17.2 Å². The molecule has 144 valence electrons. The molecule has 1 aromatic rings. The third-order valence-corrected chi connectivity index (χ3v) is 4.38. The largest absolute Gasteiger partial charge is 0.493 e. The Hall–Kier alpha value is -2.48. The normalized spacial score (nSPS) is 14.7. The second kappa shape index (κ2) is 9.28. The maximum Gasteiger partial charge on any atom is 0.251 e. The van der Waals surface area contributed by atoms with Crippen molar-refractivity contribution in [3.8, 4) is 17.2 Å². The van der Waals surface area contributed by atoms with Gasteiger partial charge in [-0.1, -0.05) is 0 Å². The van der Waals surface area contributed by atoms with Gasteiger partial charge in [-0.25, -0.2) is 0 Å². The number of hydrogen-bond acceptors (Lipinski definition) is 6. The number of nitrogens with zero attached hydrogens (tertiary/aromatic N) is 1. The summed E-state index contributed by atoms with van der Waals surface area (Å²) in [6.45, 7) is 1.28. The van der Waals surface area contributed by atoms with Crippen LogP contribution in [0.4, 0.5) is 0 Å². The number of rotatable bonds is 7. The van der Waals surface area contributed by atoms with Crippen molar-refractivity contribution in [3.63, 3.8) is 0 Å². The molecule has 0 aromatic heterocycles. The standard InChI is InChI=1S/C18H26N2O6/c1-23-11-16(21)20-7-5-13(6-8-20)19-18(22)12-9-14(24-2)17(26-4)15(10-12)25-3/h9-10,13H,5-8,11H2,1-4H3,(H,19,22). The summed E-state index contributed by atoms with van der Waals surface area (Å²) in [5.41, 5.74) is 0.428. The summed E-state index contributed by atoms with van der Waals surface area (Å²) in [5, 5.41) is 3.01. The van der Waals surface area contributed by atoms with Crippen molar-refractivity contribution >= 4 is 11.8 Å². The molecule has 1 aliphatic rings. The van der Waals surface area contributed by atoms with Crippen molar-refractivity contribution in [2.24, 2.45) is 0 Å². The topological polar surface area (TPSA) is 86.3 Å². The number of carbonyl (C=O) groups excluding carboxylic acids is 2. The van der Waals surface area contributed by atoms with Crippen LogP contribution in [0.25, 0.3) is 0 Å². The lowest BCUT2D eigenvalue weighted by molar-refractivity contribution is -0.136. The van der Waals surface area contributed by atoms with Crippen LogP contribution in [-0.4, -0.2) is 70.9 Å². The van der Waals surface area contributed by atoms with Crippen LogP contribution < -0.4 is 19.5 Å². The van der Waals surface area contributed by atoms with Gasteiger partial charge in [0.2, 0.25) is 11.7 Å². The first-order chi connectivity index (χ1) is 12.5. The molecular formula is C18H26N2O6. The molecule has 1 aliphatic heterocycles. The summed E-state index contributed by atoms with van der Waals surface area (Å²) in [6, 6.07) is 3.25. The molecule has 0 radical (unpaired) electrons. The zero-order valence-corrected chi connectivity index (χ0v) is 15.7. The highest BCUT2D eigenvalue weighted by Crippen LogP contribution is 2.38. The summed E-state index contributed by atoms with van der Waals surface area (Å²) in [7, 11) is 6.03. The van der Waals surface area contributed by atoms with Crippen LogP contribution in [0.15, 0.2) is 12.1 Å². The molecule has 8 nitrogen and oxygen atoms in total. The van der Waals surface area contributed by atoms with Gasteiger partial charge in [0.05, 0.1) is 21.3 Å². The highest BCUT2D eigenvalue weighted by Gasteiger charge is 2.25. The number of piperidine rings is 1. The Morgan fingerprint density at radius 3 is 2.08 bits per heavy atom. The van der Waals surface area contributed by atoms with Gasteiger partial charge in [0.25, 0.3) is 5.91 Å². The number of likely N-dealkylation sites (tertiary alicyclic amines) is 1. The monoisotopic (exact) mass is 366 g/mol. The van der Waals surface area contributed by atoms with Crippen LogP contribution in [0, 0.1) is 0 Å². The summed E-state index contributed by atoms with van der Waals surface area (Å²) in [4.78, 5) is 26.2. The van der Waals surface area contributed by atoms with Crippen molar-refractivity contribution in [2.75, 3.05) is 48.1 Å². The first kappa shape index (κ1) is 19.8. The van der Waals surface area contributed by atoms with Crippen LogP contribution in [0.1, 0.15) is 23.2 Å². The number of nitrogens with one attached hydrogen (secondary N) is 1. The maximum absolute atomic E-state index is 12.6. The molecule has 0 bridgehead atoms. The average Bonchev–Trinajstić information content (AvgIpc) is 2.67. The molecule has 1 saturated heterocycles. The minimum atomic E-state index is -0.217. The first-order valence-corrected chi connectivity index (χ1v) is 8.41. The van der Waals surface area contributed by atoms with E-state index < -0.39 is 0 Å². The van der Waals surface area contributed by atoms with Gasteiger partial charge in [-0.05, 0) is 25.0 Å². The smallest absolute Gasteiger partial charge is 0.251 e. The lowest BCUT2D eigenvalue weighted by Crippen LogP contribution is -2.47. The van der Waals surface area contributed by atoms with Crippen LogP contribution >= 0.6 is 0 Å². The van der Waals surface area contributed by atoms with E-state index in [4.69, 9.17) is 18.9 Å². The quantitative estimate of drug-likeness (QED) is 0.777. The minimum absolute atomic E-state index is 0.00758. The number of ether oxygens (including phenoxy) is 4. The fourth-order valence-corrected chi connectivity index (χ4v) is 2.97. The average molecular weight is 366 g/mol. The molecule has 0 atom stereocenters. The Kier molecular flexibility index (Phi) is 7.08. The second-order valence-electron chi connectivity index (χ2n) is 5.98. The van der Waals surface area contributed by atoms with Crippen LogP contribution in [-0.2, 0) is 9.53 Å². The fraction of sp³-hybridized carbons (Fsp3) is 0.556. The third-order valence-electron chi connectivity index (χ3n) is 4.38. The summed E-state index contributed by atoms with van der Waals surface area (Å²) in [5.74, 6) is 1.05. The second-order valence-corrected chi connectivity index (χ2v) is 5.98. The predicted octanol–water partition coefficient (Wildman–Crippen LogP) is 1.08. The van der Waals surface area contributed by atoms with Crippen LogP contribution in [0.3, 0.4) is 0 Å². The Morgan fingerprint density at radius 2 is 1.62 bits per heavy atom. The summed E-state index contributed by atoms with van der Waals surface area (Å²) in [6.07, 6.45) is 1.40. The molecule has 1 heterocycles. The van der Waals surface area contributed by atoms with Gasteiger partial charge in [0, 0.05) is 31.8 Å². The Balaban J connectivity index is 2.01. The number of methoxy groups -OCH3 is 4. The van der Waals surface area contributed by atoms with Crippen molar-refractivity contribution < 1.29 is 28.5 Å². The molecule has 1 aromatic carbocycles. The van der Waals surface area contributed by atoms with Gasteiger partial charge in [0.15, 0.2) is 11.5 Å².